The number of allylic oxidation sites excluding steroid dienone is 2. The van der Waals surface area contributed by atoms with Crippen LogP contribution in [0.15, 0.2) is 52.9 Å². The molecule has 0 radical (unpaired) electrons. The molecule has 0 aromatic carbocycles. The Morgan fingerprint density at radius 2 is 1.40 bits per heavy atom. The molecular formula is C34H34FeN4O4. The summed E-state index contributed by atoms with van der Waals surface area (Å²) in [4.78, 5) is 33.0. The van der Waals surface area contributed by atoms with Gasteiger partial charge in [-0.3, -0.25) is 9.59 Å². The second kappa shape index (κ2) is 12.6. The summed E-state index contributed by atoms with van der Waals surface area (Å²) in [5.41, 5.74) is 10.5. The number of aromatic nitrogens is 2. The van der Waals surface area contributed by atoms with Crippen molar-refractivity contribution in [2.75, 3.05) is 0 Å². The molecule has 9 heteroatoms. The van der Waals surface area contributed by atoms with E-state index in [0.717, 1.165) is 72.7 Å². The quantitative estimate of drug-likeness (QED) is 0.400. The molecule has 2 aromatic rings. The zero-order valence-corrected chi connectivity index (χ0v) is 25.8. The van der Waals surface area contributed by atoms with Gasteiger partial charge in [0.05, 0.1) is 0 Å². The van der Waals surface area contributed by atoms with Crippen molar-refractivity contribution in [3.05, 3.63) is 108 Å². The van der Waals surface area contributed by atoms with Crippen LogP contribution in [0.2, 0.25) is 0 Å². The van der Waals surface area contributed by atoms with Crippen molar-refractivity contribution in [3.8, 4) is 0 Å². The molecule has 5 heterocycles. The molecule has 3 aliphatic heterocycles. The number of carboxylic acid groups (broad SMARTS) is 2. The van der Waals surface area contributed by atoms with E-state index in [9.17, 15) is 19.8 Å². The van der Waals surface area contributed by atoms with Crippen molar-refractivity contribution >= 4 is 42.3 Å². The number of hydrogen-bond donors (Lipinski definition) is 2. The smallest absolute Gasteiger partial charge is 0.675 e. The summed E-state index contributed by atoms with van der Waals surface area (Å²) in [6, 6.07) is -0.745. The maximum atomic E-state index is 11.5. The summed E-state index contributed by atoms with van der Waals surface area (Å²) in [6.45, 7) is 16.0. The standard InChI is InChI=1S/C34H34N4O4.Fe/c1-7-21-17(3)25-13-26-19(5)23(9-11-33(39)40)31(37-26)16-32-24(10-12-34(41)42)20(6)28(38-32)15-30-22(8-2)18(4)27(36-30)14-29(21)35-25;/h7-8,13-16,30-31H,1-2,9-12H2,3-6H3,(H,39,40)(H,41,42);/q-4;+4. The zero-order valence-electron chi connectivity index (χ0n) is 24.7. The van der Waals surface area contributed by atoms with E-state index in [2.05, 4.69) is 13.2 Å². The van der Waals surface area contributed by atoms with Gasteiger partial charge in [-0.15, -0.1) is 45.6 Å². The van der Waals surface area contributed by atoms with E-state index in [4.69, 9.17) is 20.6 Å². The van der Waals surface area contributed by atoms with Crippen LogP contribution in [-0.4, -0.2) is 34.2 Å². The Morgan fingerprint density at radius 3 is 2.05 bits per heavy atom. The maximum Gasteiger partial charge on any atom is 4.00 e. The fourth-order valence-electron chi connectivity index (χ4n) is 5.95. The Kier molecular flexibility index (Phi) is 9.28. The summed E-state index contributed by atoms with van der Waals surface area (Å²) < 4.78 is 0. The van der Waals surface area contributed by atoms with Gasteiger partial charge >= 0.3 is 29.0 Å². The first-order chi connectivity index (χ1) is 20.0. The molecule has 222 valence electrons. The molecule has 2 aromatic heterocycles. The molecule has 43 heavy (non-hydrogen) atoms. The normalized spacial score (nSPS) is 18.9. The molecule has 8 bridgehead atoms. The van der Waals surface area contributed by atoms with Crippen molar-refractivity contribution in [3.63, 3.8) is 0 Å². The van der Waals surface area contributed by atoms with Crippen LogP contribution >= 0.6 is 0 Å². The predicted octanol–water partition coefficient (Wildman–Crippen LogP) is 5.03. The third-order valence-electron chi connectivity index (χ3n) is 8.41. The van der Waals surface area contributed by atoms with Gasteiger partial charge in [-0.25, -0.2) is 0 Å². The predicted molar refractivity (Wildman–Crippen MR) is 166 cm³/mol. The minimum atomic E-state index is -0.886. The first-order valence-electron chi connectivity index (χ1n) is 14.0. The summed E-state index contributed by atoms with van der Waals surface area (Å²) >= 11 is 0. The third-order valence-corrected chi connectivity index (χ3v) is 8.41. The Morgan fingerprint density at radius 1 is 0.791 bits per heavy atom. The first kappa shape index (κ1) is 31.7. The van der Waals surface area contributed by atoms with Gasteiger partial charge in [0.1, 0.15) is 0 Å². The molecule has 2 atom stereocenters. The van der Waals surface area contributed by atoms with E-state index in [0.29, 0.717) is 18.2 Å². The molecule has 2 N–H and O–H groups in total. The summed E-state index contributed by atoms with van der Waals surface area (Å²) in [5, 5.41) is 30.3. The summed E-state index contributed by atoms with van der Waals surface area (Å²) in [6.07, 6.45) is 12.1. The molecule has 0 saturated carbocycles. The van der Waals surface area contributed by atoms with E-state index in [1.807, 2.05) is 58.1 Å². The summed E-state index contributed by atoms with van der Waals surface area (Å²) in [7, 11) is 0. The van der Waals surface area contributed by atoms with Gasteiger partial charge in [-0.2, -0.15) is 0 Å². The van der Waals surface area contributed by atoms with Crippen LogP contribution in [0.25, 0.3) is 41.0 Å². The van der Waals surface area contributed by atoms with Crippen LogP contribution in [0, 0.1) is 13.8 Å². The first-order valence-corrected chi connectivity index (χ1v) is 14.0. The van der Waals surface area contributed by atoms with Gasteiger partial charge in [-0.05, 0) is 46.1 Å². The molecule has 8 nitrogen and oxygen atoms in total. The molecular weight excluding hydrogens is 584 g/mol. The number of aliphatic carboxylic acids is 2. The molecule has 0 amide bonds. The van der Waals surface area contributed by atoms with Crippen molar-refractivity contribution in [1.82, 2.24) is 9.97 Å². The topological polar surface area (TPSA) is 131 Å². The molecule has 0 fully saturated rings. The van der Waals surface area contributed by atoms with E-state index in [1.165, 1.54) is 0 Å². The van der Waals surface area contributed by atoms with Crippen LogP contribution in [-0.2, 0) is 33.1 Å². The van der Waals surface area contributed by atoms with E-state index in [1.54, 1.807) is 6.08 Å². The monoisotopic (exact) mass is 618 g/mol. The Bertz CT molecular complexity index is 1780. The van der Waals surface area contributed by atoms with Crippen LogP contribution in [0.5, 0.6) is 0 Å². The van der Waals surface area contributed by atoms with E-state index >= 15 is 0 Å². The number of fused-ring (bicyclic) bond motifs is 8. The number of nitrogens with zero attached hydrogens (tertiary/aromatic N) is 4. The van der Waals surface area contributed by atoms with Crippen molar-refractivity contribution in [2.45, 2.75) is 65.5 Å². The van der Waals surface area contributed by atoms with Gasteiger partial charge in [0, 0.05) is 12.8 Å². The Balaban J connectivity index is 0.00000423. The number of hydrogen-bond acceptors (Lipinski definition) is 2. The SMILES string of the molecule is C=CC1=C(C)C2=Cc3[n-]c(c(C)c3C=C)C=C3[N-]C(C=c4[n-]c(c(C)c4CCC(=O)O)=CC1[N-]2)C(CCC(=O)O)=C3C.[Fe+4]. The number of rotatable bonds is 8. The van der Waals surface area contributed by atoms with Crippen LogP contribution in [0.1, 0.15) is 66.8 Å². The molecule has 0 aliphatic carbocycles. The van der Waals surface area contributed by atoms with Gasteiger partial charge in [0.2, 0.25) is 0 Å². The van der Waals surface area contributed by atoms with Crippen LogP contribution < -0.4 is 20.7 Å². The number of carboxylic acids is 2. The maximum absolute atomic E-state index is 11.5. The molecule has 0 spiro atoms. The van der Waals surface area contributed by atoms with E-state index < -0.39 is 18.0 Å². The summed E-state index contributed by atoms with van der Waals surface area (Å²) in [5.74, 6) is -1.77. The minimum Gasteiger partial charge on any atom is -0.675 e. The minimum absolute atomic E-state index is 0. The zero-order chi connectivity index (χ0) is 30.3. The van der Waals surface area contributed by atoms with Gasteiger partial charge in [0.15, 0.2) is 0 Å². The number of carbonyl (C=O) groups is 2. The fourth-order valence-corrected chi connectivity index (χ4v) is 5.95. The molecule has 5 rings (SSSR count). The average Bonchev–Trinajstić information content (AvgIpc) is 3.59. The second-order valence-corrected chi connectivity index (χ2v) is 10.9. The van der Waals surface area contributed by atoms with E-state index in [-0.39, 0.29) is 36.0 Å². The molecule has 0 saturated heterocycles. The third kappa shape index (κ3) is 6.01. The van der Waals surface area contributed by atoms with Gasteiger partial charge in [0.25, 0.3) is 0 Å². The largest absolute Gasteiger partial charge is 4.00 e. The second-order valence-electron chi connectivity index (χ2n) is 10.9. The van der Waals surface area contributed by atoms with Crippen LogP contribution in [0.3, 0.4) is 0 Å². The fraction of sp³-hybridized carbons (Fsp3) is 0.294. The van der Waals surface area contributed by atoms with Crippen molar-refractivity contribution < 1.29 is 36.9 Å². The average molecular weight is 619 g/mol. The molecule has 2 unspecified atom stereocenters. The Hall–Kier alpha value is -4.20. The Labute approximate surface area is 261 Å². The van der Waals surface area contributed by atoms with Gasteiger partial charge < -0.3 is 30.8 Å². The van der Waals surface area contributed by atoms with Crippen molar-refractivity contribution in [1.29, 1.82) is 0 Å². The van der Waals surface area contributed by atoms with Gasteiger partial charge in [-0.1, -0.05) is 88.5 Å². The molecule has 3 aliphatic rings. The van der Waals surface area contributed by atoms with Crippen molar-refractivity contribution in [2.24, 2.45) is 0 Å². The van der Waals surface area contributed by atoms with Crippen LogP contribution in [0.4, 0.5) is 0 Å².